The first-order valence-corrected chi connectivity index (χ1v) is 13.3. The lowest BCUT2D eigenvalue weighted by atomic mass is 10.0. The Morgan fingerprint density at radius 1 is 0.974 bits per heavy atom. The summed E-state index contributed by atoms with van der Waals surface area (Å²) >= 11 is 0. The Balaban J connectivity index is 1.73. The lowest BCUT2D eigenvalue weighted by Gasteiger charge is -2.13. The molecule has 3 aromatic heterocycles. The number of ether oxygens (including phenoxy) is 2. The number of nitrogens with one attached hydrogen (secondary N) is 1. The van der Waals surface area contributed by atoms with Crippen LogP contribution in [0.5, 0.6) is 5.88 Å². The average Bonchev–Trinajstić information content (AvgIpc) is 3.29. The van der Waals surface area contributed by atoms with Crippen molar-refractivity contribution >= 4 is 37.6 Å². The number of fused-ring (bicyclic) bond motifs is 3. The molecule has 0 fully saturated rings. The molecule has 0 radical (unpaired) electrons. The van der Waals surface area contributed by atoms with Crippen LogP contribution in [0.25, 0.3) is 38.8 Å². The van der Waals surface area contributed by atoms with Crippen LogP contribution in [0.1, 0.15) is 17.8 Å². The standard InChI is InChI=1S/C26H23F2N5O4S/c1-36-14-15-4-7-18(8-5-15)33-23-19-10-16(6-9-20(19)29-13-22(23)31-25(33)24(27)28)17-11-21(32-38(3,34)35)26(37-2)30-12-17/h4-13,24,32H,14H2,1-3H3. The quantitative estimate of drug-likeness (QED) is 0.292. The summed E-state index contributed by atoms with van der Waals surface area (Å²) in [5, 5.41) is 0.591. The second-order valence-electron chi connectivity index (χ2n) is 8.58. The van der Waals surface area contributed by atoms with Gasteiger partial charge in [0.15, 0.2) is 5.82 Å². The van der Waals surface area contributed by atoms with Gasteiger partial charge in [0.1, 0.15) is 11.2 Å². The molecule has 0 atom stereocenters. The van der Waals surface area contributed by atoms with Crippen LogP contribution in [0.3, 0.4) is 0 Å². The Bertz CT molecular complexity index is 1760. The number of benzene rings is 2. The summed E-state index contributed by atoms with van der Waals surface area (Å²) in [4.78, 5) is 12.8. The summed E-state index contributed by atoms with van der Waals surface area (Å²) in [7, 11) is -0.620. The fraction of sp³-hybridized carbons (Fsp3) is 0.192. The maximum atomic E-state index is 14.1. The maximum absolute atomic E-state index is 14.1. The molecule has 0 spiro atoms. The number of nitrogens with zero attached hydrogens (tertiary/aromatic N) is 4. The van der Waals surface area contributed by atoms with Crippen LogP contribution in [0.4, 0.5) is 14.5 Å². The van der Waals surface area contributed by atoms with E-state index >= 15 is 0 Å². The van der Waals surface area contributed by atoms with Gasteiger partial charge in [-0.2, -0.15) is 0 Å². The summed E-state index contributed by atoms with van der Waals surface area (Å²) in [5.41, 5.74) is 4.21. The van der Waals surface area contributed by atoms with Gasteiger partial charge in [0.2, 0.25) is 15.9 Å². The van der Waals surface area contributed by atoms with Crippen molar-refractivity contribution < 1.29 is 26.7 Å². The third kappa shape index (κ3) is 4.87. The first kappa shape index (κ1) is 25.5. The minimum Gasteiger partial charge on any atom is -0.480 e. The number of hydrogen-bond acceptors (Lipinski definition) is 7. The molecule has 0 aliphatic rings. The van der Waals surface area contributed by atoms with E-state index in [2.05, 4.69) is 19.7 Å². The zero-order valence-corrected chi connectivity index (χ0v) is 21.5. The first-order valence-electron chi connectivity index (χ1n) is 11.4. The van der Waals surface area contributed by atoms with Crippen molar-refractivity contribution in [2.45, 2.75) is 13.0 Å². The van der Waals surface area contributed by atoms with Crippen molar-refractivity contribution in [3.05, 3.63) is 72.3 Å². The molecule has 0 bridgehead atoms. The Kier molecular flexibility index (Phi) is 6.67. The topological polar surface area (TPSA) is 108 Å². The van der Waals surface area contributed by atoms with Gasteiger partial charge in [0.05, 0.1) is 37.2 Å². The zero-order valence-electron chi connectivity index (χ0n) is 20.6. The number of hydrogen-bond donors (Lipinski definition) is 1. The van der Waals surface area contributed by atoms with Gasteiger partial charge in [-0.05, 0) is 41.5 Å². The highest BCUT2D eigenvalue weighted by molar-refractivity contribution is 7.92. The molecule has 5 aromatic rings. The molecular formula is C26H23F2N5O4S. The molecule has 3 heterocycles. The Morgan fingerprint density at radius 3 is 2.39 bits per heavy atom. The third-order valence-electron chi connectivity index (χ3n) is 5.88. The van der Waals surface area contributed by atoms with E-state index < -0.39 is 22.3 Å². The van der Waals surface area contributed by atoms with Crippen molar-refractivity contribution in [3.63, 3.8) is 0 Å². The van der Waals surface area contributed by atoms with Gasteiger partial charge in [0.25, 0.3) is 6.43 Å². The highest BCUT2D eigenvalue weighted by atomic mass is 32.2. The number of rotatable bonds is 8. The molecule has 0 unspecified atom stereocenters. The molecule has 0 saturated carbocycles. The van der Waals surface area contributed by atoms with Crippen LogP contribution < -0.4 is 9.46 Å². The number of halogens is 2. The molecule has 0 aliphatic heterocycles. The van der Waals surface area contributed by atoms with Crippen molar-refractivity contribution in [2.75, 3.05) is 25.2 Å². The highest BCUT2D eigenvalue weighted by Gasteiger charge is 2.22. The van der Waals surface area contributed by atoms with Gasteiger partial charge >= 0.3 is 0 Å². The Labute approximate surface area is 217 Å². The van der Waals surface area contributed by atoms with Crippen LogP contribution in [-0.4, -0.2) is 48.4 Å². The van der Waals surface area contributed by atoms with Gasteiger partial charge in [0, 0.05) is 29.9 Å². The fourth-order valence-electron chi connectivity index (χ4n) is 4.31. The van der Waals surface area contributed by atoms with Crippen LogP contribution in [0.15, 0.2) is 60.9 Å². The molecule has 0 amide bonds. The normalized spacial score (nSPS) is 11.9. The molecule has 2 aromatic carbocycles. The number of anilines is 1. The van der Waals surface area contributed by atoms with Crippen LogP contribution in [0, 0.1) is 0 Å². The maximum Gasteiger partial charge on any atom is 0.295 e. The fourth-order valence-corrected chi connectivity index (χ4v) is 4.86. The van der Waals surface area contributed by atoms with Gasteiger partial charge in [-0.3, -0.25) is 14.3 Å². The number of imidazole rings is 1. The van der Waals surface area contributed by atoms with Gasteiger partial charge in [-0.1, -0.05) is 18.2 Å². The van der Waals surface area contributed by atoms with Crippen molar-refractivity contribution in [3.8, 4) is 22.7 Å². The van der Waals surface area contributed by atoms with E-state index in [9.17, 15) is 17.2 Å². The highest BCUT2D eigenvalue weighted by Crippen LogP contribution is 2.35. The molecule has 1 N–H and O–H groups in total. The van der Waals surface area contributed by atoms with Gasteiger partial charge in [-0.15, -0.1) is 0 Å². The van der Waals surface area contributed by atoms with Crippen LogP contribution in [-0.2, 0) is 21.4 Å². The lowest BCUT2D eigenvalue weighted by molar-refractivity contribution is 0.139. The molecule has 0 saturated heterocycles. The third-order valence-corrected chi connectivity index (χ3v) is 6.47. The Hall–Kier alpha value is -4.16. The molecular weight excluding hydrogens is 516 g/mol. The van der Waals surface area contributed by atoms with E-state index in [4.69, 9.17) is 9.47 Å². The van der Waals surface area contributed by atoms with E-state index in [1.165, 1.54) is 24.1 Å². The summed E-state index contributed by atoms with van der Waals surface area (Å²) in [5.74, 6) is -0.287. The molecule has 5 rings (SSSR count). The zero-order chi connectivity index (χ0) is 27.0. The summed E-state index contributed by atoms with van der Waals surface area (Å²) in [6.45, 7) is 0.398. The van der Waals surface area contributed by atoms with Crippen molar-refractivity contribution in [1.82, 2.24) is 19.5 Å². The molecule has 196 valence electrons. The van der Waals surface area contributed by atoms with E-state index in [1.54, 1.807) is 43.5 Å². The van der Waals surface area contributed by atoms with E-state index in [0.717, 1.165) is 11.8 Å². The molecule has 9 nitrogen and oxygen atoms in total. The number of alkyl halides is 2. The van der Waals surface area contributed by atoms with Gasteiger partial charge in [-0.25, -0.2) is 27.2 Å². The second kappa shape index (κ2) is 9.95. The number of pyridine rings is 2. The van der Waals surface area contributed by atoms with E-state index in [-0.39, 0.29) is 11.6 Å². The van der Waals surface area contributed by atoms with Crippen LogP contribution in [0.2, 0.25) is 0 Å². The number of sulfonamides is 1. The largest absolute Gasteiger partial charge is 0.480 e. The van der Waals surface area contributed by atoms with Crippen LogP contribution >= 0.6 is 0 Å². The minimum absolute atomic E-state index is 0.112. The number of methoxy groups -OCH3 is 2. The minimum atomic E-state index is -3.59. The SMILES string of the molecule is COCc1ccc(-n2c(C(F)F)nc3cnc4ccc(-c5cnc(OC)c(NS(C)(=O)=O)c5)cc4c32)cc1. The monoisotopic (exact) mass is 539 g/mol. The Morgan fingerprint density at radius 2 is 1.74 bits per heavy atom. The van der Waals surface area contributed by atoms with E-state index in [0.29, 0.717) is 45.4 Å². The second-order valence-corrected chi connectivity index (χ2v) is 10.3. The summed E-state index contributed by atoms with van der Waals surface area (Å²) in [6, 6.07) is 14.1. The number of aromatic nitrogens is 4. The lowest BCUT2D eigenvalue weighted by Crippen LogP contribution is -2.11. The predicted molar refractivity (Wildman–Crippen MR) is 140 cm³/mol. The van der Waals surface area contributed by atoms with Crippen molar-refractivity contribution in [2.24, 2.45) is 0 Å². The molecule has 12 heteroatoms. The smallest absolute Gasteiger partial charge is 0.295 e. The van der Waals surface area contributed by atoms with Gasteiger partial charge < -0.3 is 9.47 Å². The van der Waals surface area contributed by atoms with E-state index in [1.807, 2.05) is 12.1 Å². The predicted octanol–water partition coefficient (Wildman–Crippen LogP) is 5.10. The first-order chi connectivity index (χ1) is 18.2. The summed E-state index contributed by atoms with van der Waals surface area (Å²) in [6.07, 6.45) is 1.22. The summed E-state index contributed by atoms with van der Waals surface area (Å²) < 4.78 is 66.2. The molecule has 0 aliphatic carbocycles. The molecule has 38 heavy (non-hydrogen) atoms. The van der Waals surface area contributed by atoms with Crippen molar-refractivity contribution in [1.29, 1.82) is 0 Å². The average molecular weight is 540 g/mol.